The molecule has 0 aromatic carbocycles. The van der Waals surface area contributed by atoms with Gasteiger partial charge in [0.05, 0.1) is 0 Å². The Hall–Kier alpha value is -1.72. The highest BCUT2D eigenvalue weighted by atomic mass is 15.5. The van der Waals surface area contributed by atoms with Crippen LogP contribution in [0, 0.1) is 0 Å². The van der Waals surface area contributed by atoms with Crippen molar-refractivity contribution in [2.24, 2.45) is 7.05 Å². The van der Waals surface area contributed by atoms with Crippen LogP contribution in [-0.2, 0) is 7.05 Å². The van der Waals surface area contributed by atoms with E-state index < -0.39 is 0 Å². The van der Waals surface area contributed by atoms with Crippen LogP contribution in [0.25, 0.3) is 5.95 Å². The highest BCUT2D eigenvalue weighted by Gasteiger charge is 2.01. The van der Waals surface area contributed by atoms with Gasteiger partial charge in [-0.25, -0.2) is 9.67 Å². The second kappa shape index (κ2) is 2.15. The minimum absolute atomic E-state index is 0.655. The van der Waals surface area contributed by atoms with Gasteiger partial charge < -0.3 is 0 Å². The fourth-order valence-corrected chi connectivity index (χ4v) is 0.809. The van der Waals surface area contributed by atoms with Crippen LogP contribution in [0.2, 0.25) is 0 Å². The molecule has 2 rings (SSSR count). The van der Waals surface area contributed by atoms with Crippen LogP contribution in [0.3, 0.4) is 0 Å². The van der Waals surface area contributed by atoms with Crippen molar-refractivity contribution in [1.82, 2.24) is 29.5 Å². The Balaban J connectivity index is 2.53. The highest BCUT2D eigenvalue weighted by molar-refractivity contribution is 5.03. The third kappa shape index (κ3) is 0.878. The molecule has 0 radical (unpaired) electrons. The molecule has 11 heavy (non-hydrogen) atoms. The van der Waals surface area contributed by atoms with E-state index in [4.69, 9.17) is 0 Å². The van der Waals surface area contributed by atoms with Gasteiger partial charge in [-0.2, -0.15) is 19.9 Å². The zero-order valence-electron chi connectivity index (χ0n) is 5.92. The summed E-state index contributed by atoms with van der Waals surface area (Å²) in [7, 11) is 1.80. The van der Waals surface area contributed by atoms with Gasteiger partial charge in [0, 0.05) is 7.05 Å². The largest absolute Gasteiger partial charge is 0.250 e. The van der Waals surface area contributed by atoms with Gasteiger partial charge >= 0.3 is 0 Å². The molecule has 0 atom stereocenters. The van der Waals surface area contributed by atoms with Gasteiger partial charge in [0.15, 0.2) is 0 Å². The first-order valence-corrected chi connectivity index (χ1v) is 3.07. The van der Waals surface area contributed by atoms with E-state index in [1.807, 2.05) is 0 Å². The first-order chi connectivity index (χ1) is 5.38. The minimum Gasteiger partial charge on any atom is -0.233 e. The summed E-state index contributed by atoms with van der Waals surface area (Å²) in [5.74, 6) is 0.655. The quantitative estimate of drug-likeness (QED) is 0.544. The summed E-state index contributed by atoms with van der Waals surface area (Å²) in [6.45, 7) is 0. The highest BCUT2D eigenvalue weighted by Crippen LogP contribution is 1.95. The van der Waals surface area contributed by atoms with Crippen molar-refractivity contribution >= 4 is 0 Å². The maximum atomic E-state index is 3.97. The summed E-state index contributed by atoms with van der Waals surface area (Å²) in [6.07, 6.45) is 4.50. The first kappa shape index (κ1) is 6.02. The number of hydrogen-bond donors (Lipinski definition) is 0. The van der Waals surface area contributed by atoms with Crippen molar-refractivity contribution in [2.45, 2.75) is 0 Å². The van der Waals surface area contributed by atoms with E-state index in [1.54, 1.807) is 22.7 Å². The molecule has 0 aliphatic rings. The van der Waals surface area contributed by atoms with Crippen molar-refractivity contribution in [2.75, 3.05) is 0 Å². The van der Waals surface area contributed by atoms with E-state index >= 15 is 0 Å². The lowest BCUT2D eigenvalue weighted by Crippen LogP contribution is -2.04. The van der Waals surface area contributed by atoms with E-state index in [-0.39, 0.29) is 0 Å². The van der Waals surface area contributed by atoms with Crippen molar-refractivity contribution in [3.8, 4) is 5.95 Å². The first-order valence-electron chi connectivity index (χ1n) is 3.07. The van der Waals surface area contributed by atoms with E-state index in [9.17, 15) is 0 Å². The summed E-state index contributed by atoms with van der Waals surface area (Å²) < 4.78 is 3.17. The molecule has 2 aromatic heterocycles. The molecule has 0 unspecified atom stereocenters. The van der Waals surface area contributed by atoms with E-state index in [0.717, 1.165) is 0 Å². The molecule has 0 bridgehead atoms. The number of aryl methyl sites for hydroxylation is 1. The molecule has 0 aliphatic heterocycles. The summed E-state index contributed by atoms with van der Waals surface area (Å²) >= 11 is 0. The summed E-state index contributed by atoms with van der Waals surface area (Å²) in [6, 6.07) is 0. The predicted octanol–water partition coefficient (Wildman–Crippen LogP) is -0.604. The normalized spacial score (nSPS) is 10.3. The van der Waals surface area contributed by atoms with Gasteiger partial charge in [-0.1, -0.05) is 0 Å². The minimum atomic E-state index is 0.655. The van der Waals surface area contributed by atoms with Gasteiger partial charge in [-0.05, 0) is 0 Å². The number of hydrogen-bond acceptors (Lipinski definition) is 4. The molecule has 2 heterocycles. The lowest BCUT2D eigenvalue weighted by atomic mass is 10.9. The Labute approximate surface area is 62.5 Å². The molecule has 0 amide bonds. The van der Waals surface area contributed by atoms with Gasteiger partial charge in [-0.3, -0.25) is 0 Å². The molecule has 6 heteroatoms. The third-order valence-electron chi connectivity index (χ3n) is 1.31. The maximum absolute atomic E-state index is 3.97. The SMILES string of the molecule is Cn1ncnc1-n1cncn1. The lowest BCUT2D eigenvalue weighted by Gasteiger charge is -1.95. The molecular formula is C5H6N6. The second-order valence-electron chi connectivity index (χ2n) is 2.02. The smallest absolute Gasteiger partial charge is 0.233 e. The predicted molar refractivity (Wildman–Crippen MR) is 35.9 cm³/mol. The van der Waals surface area contributed by atoms with Crippen LogP contribution >= 0.6 is 0 Å². The standard InChI is InChI=1S/C5H6N6/c1-10-5(7-3-8-10)11-4-6-2-9-11/h2-4H,1H3. The summed E-state index contributed by atoms with van der Waals surface area (Å²) in [5.41, 5.74) is 0. The van der Waals surface area contributed by atoms with Crippen molar-refractivity contribution in [3.05, 3.63) is 19.0 Å². The van der Waals surface area contributed by atoms with E-state index in [2.05, 4.69) is 20.2 Å². The topological polar surface area (TPSA) is 61.4 Å². The Morgan fingerprint density at radius 2 is 2.18 bits per heavy atom. The number of nitrogens with zero attached hydrogens (tertiary/aromatic N) is 6. The van der Waals surface area contributed by atoms with Gasteiger partial charge in [0.25, 0.3) is 0 Å². The maximum Gasteiger partial charge on any atom is 0.250 e. The van der Waals surface area contributed by atoms with Crippen LogP contribution in [0.5, 0.6) is 0 Å². The number of aromatic nitrogens is 6. The molecule has 0 saturated carbocycles. The molecule has 2 aromatic rings. The van der Waals surface area contributed by atoms with Gasteiger partial charge in [-0.15, -0.1) is 0 Å². The fraction of sp³-hybridized carbons (Fsp3) is 0.200. The van der Waals surface area contributed by atoms with Crippen molar-refractivity contribution in [1.29, 1.82) is 0 Å². The van der Waals surface area contributed by atoms with Crippen LogP contribution in [0.15, 0.2) is 19.0 Å². The summed E-state index contributed by atoms with van der Waals surface area (Å²) in [4.78, 5) is 7.76. The lowest BCUT2D eigenvalue weighted by molar-refractivity contribution is 0.688. The fourth-order valence-electron chi connectivity index (χ4n) is 0.809. The summed E-state index contributed by atoms with van der Waals surface area (Å²) in [5, 5.41) is 7.79. The Kier molecular flexibility index (Phi) is 1.18. The molecule has 0 spiro atoms. The van der Waals surface area contributed by atoms with Crippen LogP contribution < -0.4 is 0 Å². The van der Waals surface area contributed by atoms with Gasteiger partial charge in [0.2, 0.25) is 5.95 Å². The Bertz CT molecular complexity index is 333. The molecular weight excluding hydrogens is 144 g/mol. The van der Waals surface area contributed by atoms with Crippen LogP contribution in [-0.4, -0.2) is 29.5 Å². The molecule has 6 nitrogen and oxygen atoms in total. The molecule has 0 N–H and O–H groups in total. The molecule has 0 saturated heterocycles. The molecule has 0 fully saturated rings. The van der Waals surface area contributed by atoms with E-state index in [1.165, 1.54) is 12.7 Å². The zero-order chi connectivity index (χ0) is 7.68. The molecule has 56 valence electrons. The van der Waals surface area contributed by atoms with Crippen LogP contribution in [0.1, 0.15) is 0 Å². The van der Waals surface area contributed by atoms with Gasteiger partial charge in [0.1, 0.15) is 19.0 Å². The monoisotopic (exact) mass is 150 g/mol. The van der Waals surface area contributed by atoms with Crippen molar-refractivity contribution in [3.63, 3.8) is 0 Å². The Morgan fingerprint density at radius 3 is 2.73 bits per heavy atom. The average Bonchev–Trinajstić information content (AvgIpc) is 2.55. The third-order valence-corrected chi connectivity index (χ3v) is 1.31. The van der Waals surface area contributed by atoms with Crippen molar-refractivity contribution < 1.29 is 0 Å². The second-order valence-corrected chi connectivity index (χ2v) is 2.02. The molecule has 0 aliphatic carbocycles. The van der Waals surface area contributed by atoms with Crippen LogP contribution in [0.4, 0.5) is 0 Å². The Morgan fingerprint density at radius 1 is 1.27 bits per heavy atom. The zero-order valence-corrected chi connectivity index (χ0v) is 5.92. The average molecular weight is 150 g/mol. The van der Waals surface area contributed by atoms with E-state index in [0.29, 0.717) is 5.95 Å². The number of rotatable bonds is 1.